The highest BCUT2D eigenvalue weighted by Crippen LogP contribution is 2.38. The van der Waals surface area contributed by atoms with Crippen LogP contribution in [0.25, 0.3) is 10.8 Å². The monoisotopic (exact) mass is 564 g/mol. The fourth-order valence-corrected chi connectivity index (χ4v) is 6.01. The number of fused-ring (bicyclic) bond motifs is 1. The van der Waals surface area contributed by atoms with Crippen molar-refractivity contribution in [2.24, 2.45) is 0 Å². The van der Waals surface area contributed by atoms with Gasteiger partial charge in [-0.1, -0.05) is 6.07 Å². The molecule has 0 spiro atoms. The summed E-state index contributed by atoms with van der Waals surface area (Å²) in [5.74, 6) is -1.28. The number of urea groups is 1. The number of benzene rings is 3. The van der Waals surface area contributed by atoms with Gasteiger partial charge >= 0.3 is 6.03 Å². The predicted molar refractivity (Wildman–Crippen MR) is 127 cm³/mol. The Morgan fingerprint density at radius 1 is 0.857 bits per heavy atom. The van der Waals surface area contributed by atoms with Crippen molar-refractivity contribution in [2.75, 3.05) is 22.3 Å². The number of alkyl halides is 1. The van der Waals surface area contributed by atoms with E-state index in [-0.39, 0.29) is 33.3 Å². The molecule has 188 valence electrons. The smallest absolute Gasteiger partial charge is 0.323 e. The van der Waals surface area contributed by atoms with Gasteiger partial charge in [-0.3, -0.25) is 9.11 Å². The number of hydrogen-bond donors (Lipinski definition) is 5. The first-order valence-corrected chi connectivity index (χ1v) is 14.4. The quantitative estimate of drug-likeness (QED) is 0.209. The number of sulfone groups is 1. The molecule has 0 radical (unpaired) electrons. The molecule has 0 heterocycles. The van der Waals surface area contributed by atoms with Crippen LogP contribution in [0.15, 0.2) is 63.2 Å². The minimum Gasteiger partial charge on any atom is -0.507 e. The normalized spacial score (nSPS) is 12.4. The molecular formula is C19H17ClN2O10S3. The summed E-state index contributed by atoms with van der Waals surface area (Å²) in [7, 11) is -13.5. The van der Waals surface area contributed by atoms with Crippen LogP contribution in [0.1, 0.15) is 0 Å². The zero-order valence-electron chi connectivity index (χ0n) is 17.3. The van der Waals surface area contributed by atoms with E-state index in [0.717, 1.165) is 12.1 Å². The van der Waals surface area contributed by atoms with Crippen LogP contribution in [0, 0.1) is 0 Å². The molecule has 3 aromatic rings. The number of hydrogen-bond acceptors (Lipinski definition) is 8. The number of phenols is 1. The summed E-state index contributed by atoms with van der Waals surface area (Å²) in [5, 5.41) is 14.2. The molecule has 35 heavy (non-hydrogen) atoms. The number of halogens is 1. The molecule has 16 heteroatoms. The molecule has 0 aliphatic rings. The lowest BCUT2D eigenvalue weighted by Crippen LogP contribution is -2.20. The Bertz CT molecular complexity index is 1650. The van der Waals surface area contributed by atoms with Gasteiger partial charge in [-0.25, -0.2) is 13.2 Å². The van der Waals surface area contributed by atoms with Crippen molar-refractivity contribution in [3.05, 3.63) is 48.5 Å². The Balaban J connectivity index is 2.03. The third kappa shape index (κ3) is 6.01. The van der Waals surface area contributed by atoms with Crippen molar-refractivity contribution in [3.8, 4) is 5.75 Å². The molecule has 0 aliphatic carbocycles. The van der Waals surface area contributed by atoms with Crippen molar-refractivity contribution in [3.63, 3.8) is 0 Å². The van der Waals surface area contributed by atoms with E-state index < -0.39 is 57.0 Å². The molecule has 0 aliphatic heterocycles. The lowest BCUT2D eigenvalue weighted by Gasteiger charge is -2.14. The molecule has 0 saturated carbocycles. The number of carbonyl (C=O) groups is 1. The van der Waals surface area contributed by atoms with Crippen molar-refractivity contribution >= 4 is 69.9 Å². The van der Waals surface area contributed by atoms with Crippen molar-refractivity contribution < 1.29 is 44.3 Å². The lowest BCUT2D eigenvalue weighted by molar-refractivity contribution is 0.262. The zero-order chi connectivity index (χ0) is 26.2. The van der Waals surface area contributed by atoms with Crippen LogP contribution < -0.4 is 10.6 Å². The standard InChI is InChI=1S/C19H17ClN2O10S3/c20-6-7-33(25,26)12-3-1-2-11(8-12)21-19(24)22-15-4-5-17(35(30,31)32)14-9-13(34(27,28)29)10-16(23)18(14)15/h1-5,8-10,23H,6-7H2,(H2,21,22,24)(H,27,28,29)(H,30,31,32). The number of amides is 2. The van der Waals surface area contributed by atoms with Gasteiger partial charge in [0, 0.05) is 28.4 Å². The number of nitrogens with one attached hydrogen (secondary N) is 2. The predicted octanol–water partition coefficient (Wildman–Crippen LogP) is 2.70. The minimum absolute atomic E-state index is 0.0786. The van der Waals surface area contributed by atoms with Gasteiger partial charge in [-0.15, -0.1) is 11.6 Å². The van der Waals surface area contributed by atoms with Crippen LogP contribution in [0.3, 0.4) is 0 Å². The third-order valence-corrected chi connectivity index (χ3v) is 8.52. The average Bonchev–Trinajstić information content (AvgIpc) is 2.72. The summed E-state index contributed by atoms with van der Waals surface area (Å²) in [6.07, 6.45) is 0. The molecule has 0 saturated heterocycles. The van der Waals surface area contributed by atoms with Crippen LogP contribution in [0.4, 0.5) is 16.2 Å². The molecule has 0 aromatic heterocycles. The van der Waals surface area contributed by atoms with Gasteiger partial charge < -0.3 is 15.7 Å². The molecule has 5 N–H and O–H groups in total. The Labute approximate surface area is 205 Å². The van der Waals surface area contributed by atoms with Crippen LogP contribution in [0.2, 0.25) is 0 Å². The highest BCUT2D eigenvalue weighted by Gasteiger charge is 2.23. The molecule has 3 aromatic carbocycles. The fraction of sp³-hybridized carbons (Fsp3) is 0.105. The second-order valence-corrected chi connectivity index (χ2v) is 12.3. The van der Waals surface area contributed by atoms with E-state index in [0.29, 0.717) is 12.1 Å². The number of anilines is 2. The molecule has 3 rings (SSSR count). The van der Waals surface area contributed by atoms with E-state index in [4.69, 9.17) is 11.6 Å². The minimum atomic E-state index is -4.91. The van der Waals surface area contributed by atoms with Gasteiger partial charge in [0.15, 0.2) is 9.84 Å². The summed E-state index contributed by atoms with van der Waals surface area (Å²) in [5.41, 5.74) is -0.120. The fourth-order valence-electron chi connectivity index (χ4n) is 3.16. The first-order chi connectivity index (χ1) is 16.1. The van der Waals surface area contributed by atoms with E-state index in [1.807, 2.05) is 0 Å². The van der Waals surface area contributed by atoms with Crippen molar-refractivity contribution in [2.45, 2.75) is 14.7 Å². The third-order valence-electron chi connectivity index (χ3n) is 4.65. The maximum atomic E-state index is 12.6. The van der Waals surface area contributed by atoms with E-state index in [1.54, 1.807) is 0 Å². The summed E-state index contributed by atoms with van der Waals surface area (Å²) in [4.78, 5) is 10.8. The summed E-state index contributed by atoms with van der Waals surface area (Å²) in [6.45, 7) is 0. The van der Waals surface area contributed by atoms with Crippen molar-refractivity contribution in [1.29, 1.82) is 0 Å². The number of phenolic OH excluding ortho intramolecular Hbond substituents is 1. The second-order valence-electron chi connectivity index (χ2n) is 7.04. The van der Waals surface area contributed by atoms with Crippen LogP contribution in [0.5, 0.6) is 5.75 Å². The highest BCUT2D eigenvalue weighted by atomic mass is 35.5. The second kappa shape index (κ2) is 9.60. The van der Waals surface area contributed by atoms with Crippen LogP contribution in [-0.4, -0.2) is 57.1 Å². The molecule has 2 amide bonds. The first kappa shape index (κ1) is 26.7. The summed E-state index contributed by atoms with van der Waals surface area (Å²) in [6, 6.07) is 7.55. The van der Waals surface area contributed by atoms with Gasteiger partial charge in [0.1, 0.15) is 10.6 Å². The van der Waals surface area contributed by atoms with Crippen molar-refractivity contribution in [1.82, 2.24) is 0 Å². The Morgan fingerprint density at radius 3 is 2.14 bits per heavy atom. The van der Waals surface area contributed by atoms with Crippen LogP contribution >= 0.6 is 11.6 Å². The molecule has 0 atom stereocenters. The molecule has 0 fully saturated rings. The maximum absolute atomic E-state index is 12.6. The molecule has 0 unspecified atom stereocenters. The Kier molecular flexibility index (Phi) is 7.31. The van der Waals surface area contributed by atoms with E-state index in [1.165, 1.54) is 24.3 Å². The van der Waals surface area contributed by atoms with Gasteiger partial charge in [-0.2, -0.15) is 16.8 Å². The molecular weight excluding hydrogens is 548 g/mol. The van der Waals surface area contributed by atoms with Gasteiger partial charge in [-0.05, 0) is 36.4 Å². The van der Waals surface area contributed by atoms with Gasteiger partial charge in [0.2, 0.25) is 0 Å². The highest BCUT2D eigenvalue weighted by molar-refractivity contribution is 7.91. The first-order valence-electron chi connectivity index (χ1n) is 9.35. The van der Waals surface area contributed by atoms with E-state index in [9.17, 15) is 44.3 Å². The lowest BCUT2D eigenvalue weighted by atomic mass is 10.1. The Morgan fingerprint density at radius 2 is 1.54 bits per heavy atom. The SMILES string of the molecule is O=C(Nc1cccc(S(=O)(=O)CCCl)c1)Nc1ccc(S(=O)(=O)O)c2cc(S(=O)(=O)O)cc(O)c12. The zero-order valence-corrected chi connectivity index (χ0v) is 20.5. The topological polar surface area (TPSA) is 204 Å². The number of aromatic hydroxyl groups is 1. The van der Waals surface area contributed by atoms with E-state index >= 15 is 0 Å². The number of rotatable bonds is 7. The maximum Gasteiger partial charge on any atom is 0.323 e. The summed E-state index contributed by atoms with van der Waals surface area (Å²) < 4.78 is 89.7. The molecule has 12 nitrogen and oxygen atoms in total. The largest absolute Gasteiger partial charge is 0.507 e. The Hall–Kier alpha value is -2.95. The average molecular weight is 565 g/mol. The van der Waals surface area contributed by atoms with E-state index in [2.05, 4.69) is 10.6 Å². The summed E-state index contributed by atoms with van der Waals surface area (Å²) >= 11 is 5.50. The molecule has 0 bridgehead atoms. The number of carbonyl (C=O) groups excluding carboxylic acids is 1. The van der Waals surface area contributed by atoms with Crippen LogP contribution in [-0.2, 0) is 30.1 Å². The van der Waals surface area contributed by atoms with Gasteiger partial charge in [0.25, 0.3) is 20.2 Å². The van der Waals surface area contributed by atoms with Gasteiger partial charge in [0.05, 0.1) is 21.2 Å².